The van der Waals surface area contributed by atoms with Gasteiger partial charge in [-0.1, -0.05) is 20.3 Å². The summed E-state index contributed by atoms with van der Waals surface area (Å²) in [6.07, 6.45) is 2.89. The Bertz CT molecular complexity index is 294. The molecule has 0 aromatic heterocycles. The van der Waals surface area contributed by atoms with Crippen LogP contribution in [0.5, 0.6) is 0 Å². The second kappa shape index (κ2) is 7.36. The number of amides is 1. The van der Waals surface area contributed by atoms with Gasteiger partial charge in [-0.15, -0.1) is 0 Å². The highest BCUT2D eigenvalue weighted by Gasteiger charge is 2.35. The number of likely N-dealkylation sites (tertiary alicyclic amines) is 1. The van der Waals surface area contributed by atoms with Crippen molar-refractivity contribution in [1.82, 2.24) is 10.2 Å². The zero-order valence-corrected chi connectivity index (χ0v) is 11.3. The summed E-state index contributed by atoms with van der Waals surface area (Å²) in [6, 6.07) is -0.627. The molecule has 0 spiro atoms. The van der Waals surface area contributed by atoms with E-state index in [2.05, 4.69) is 12.2 Å². The van der Waals surface area contributed by atoms with Crippen molar-refractivity contribution in [3.63, 3.8) is 0 Å². The summed E-state index contributed by atoms with van der Waals surface area (Å²) >= 11 is 0. The normalized spacial score (nSPS) is 24.0. The monoisotopic (exact) mass is 256 g/mol. The first kappa shape index (κ1) is 15.0. The van der Waals surface area contributed by atoms with E-state index in [-0.39, 0.29) is 5.91 Å². The van der Waals surface area contributed by atoms with Crippen LogP contribution in [0.3, 0.4) is 0 Å². The molecular weight excluding hydrogens is 232 g/mol. The van der Waals surface area contributed by atoms with Crippen molar-refractivity contribution in [3.05, 3.63) is 0 Å². The molecule has 1 aliphatic rings. The molecule has 1 aliphatic heterocycles. The van der Waals surface area contributed by atoms with Gasteiger partial charge in [0.1, 0.15) is 6.04 Å². The first-order valence-electron chi connectivity index (χ1n) is 6.83. The lowest BCUT2D eigenvalue weighted by Crippen LogP contribution is -2.50. The van der Waals surface area contributed by atoms with E-state index in [9.17, 15) is 14.7 Å². The van der Waals surface area contributed by atoms with Crippen molar-refractivity contribution < 1.29 is 14.7 Å². The van der Waals surface area contributed by atoms with Crippen LogP contribution in [0.25, 0.3) is 0 Å². The third-order valence-electron chi connectivity index (χ3n) is 3.66. The van der Waals surface area contributed by atoms with Crippen LogP contribution in [0.4, 0.5) is 0 Å². The summed E-state index contributed by atoms with van der Waals surface area (Å²) in [5, 5.41) is 12.3. The second-order valence-electron chi connectivity index (χ2n) is 4.84. The van der Waals surface area contributed by atoms with E-state index in [4.69, 9.17) is 0 Å². The Morgan fingerprint density at radius 3 is 2.67 bits per heavy atom. The predicted octanol–water partition coefficient (Wildman–Crippen LogP) is 1.09. The lowest BCUT2D eigenvalue weighted by atomic mass is 9.88. The third-order valence-corrected chi connectivity index (χ3v) is 3.66. The van der Waals surface area contributed by atoms with Crippen molar-refractivity contribution in [2.75, 3.05) is 19.6 Å². The molecule has 1 rings (SSSR count). The van der Waals surface area contributed by atoms with E-state index in [1.807, 2.05) is 6.92 Å². The van der Waals surface area contributed by atoms with Gasteiger partial charge in [0.25, 0.3) is 0 Å². The lowest BCUT2D eigenvalue weighted by Gasteiger charge is -2.37. The Balaban J connectivity index is 2.56. The largest absolute Gasteiger partial charge is 0.480 e. The van der Waals surface area contributed by atoms with Gasteiger partial charge in [-0.2, -0.15) is 0 Å². The van der Waals surface area contributed by atoms with Crippen LogP contribution < -0.4 is 5.32 Å². The molecule has 0 aromatic rings. The molecule has 0 aromatic carbocycles. The Labute approximate surface area is 109 Å². The van der Waals surface area contributed by atoms with Crippen molar-refractivity contribution in [2.45, 2.75) is 45.6 Å². The molecule has 0 saturated carbocycles. The molecule has 0 aliphatic carbocycles. The van der Waals surface area contributed by atoms with E-state index in [0.717, 1.165) is 19.4 Å². The summed E-state index contributed by atoms with van der Waals surface area (Å²) in [5.41, 5.74) is 0. The molecule has 5 heteroatoms. The number of piperidine rings is 1. The molecule has 1 saturated heterocycles. The highest BCUT2D eigenvalue weighted by molar-refractivity contribution is 5.84. The van der Waals surface area contributed by atoms with Gasteiger partial charge < -0.3 is 15.3 Å². The van der Waals surface area contributed by atoms with Crippen LogP contribution in [0.15, 0.2) is 0 Å². The molecule has 0 bridgehead atoms. The molecule has 2 unspecified atom stereocenters. The summed E-state index contributed by atoms with van der Waals surface area (Å²) in [6.45, 7) is 6.09. The van der Waals surface area contributed by atoms with Crippen molar-refractivity contribution in [1.29, 1.82) is 0 Å². The number of carboxylic acid groups (broad SMARTS) is 1. The first-order valence-corrected chi connectivity index (χ1v) is 6.83. The second-order valence-corrected chi connectivity index (χ2v) is 4.84. The number of aliphatic carboxylic acids is 1. The number of carbonyl (C=O) groups excluding carboxylic acids is 1. The molecule has 5 nitrogen and oxygen atoms in total. The van der Waals surface area contributed by atoms with Gasteiger partial charge in [0.2, 0.25) is 5.91 Å². The summed E-state index contributed by atoms with van der Waals surface area (Å²) in [4.78, 5) is 24.8. The number of hydrogen-bond donors (Lipinski definition) is 2. The lowest BCUT2D eigenvalue weighted by molar-refractivity contribution is -0.153. The van der Waals surface area contributed by atoms with Gasteiger partial charge in [0.05, 0.1) is 0 Å². The molecule has 104 valence electrons. The third kappa shape index (κ3) is 3.98. The number of rotatable bonds is 6. The molecule has 1 fully saturated rings. The van der Waals surface area contributed by atoms with Gasteiger partial charge in [0, 0.05) is 19.5 Å². The Morgan fingerprint density at radius 1 is 1.39 bits per heavy atom. The van der Waals surface area contributed by atoms with Crippen molar-refractivity contribution in [2.24, 2.45) is 5.92 Å². The Morgan fingerprint density at radius 2 is 2.11 bits per heavy atom. The maximum Gasteiger partial charge on any atom is 0.326 e. The van der Waals surface area contributed by atoms with Gasteiger partial charge in [-0.3, -0.25) is 4.79 Å². The highest BCUT2D eigenvalue weighted by atomic mass is 16.4. The summed E-state index contributed by atoms with van der Waals surface area (Å²) in [7, 11) is 0. The van der Waals surface area contributed by atoms with Gasteiger partial charge in [0.15, 0.2) is 0 Å². The fourth-order valence-corrected chi connectivity index (χ4v) is 2.46. The molecular formula is C13H24N2O3. The topological polar surface area (TPSA) is 69.6 Å². The van der Waals surface area contributed by atoms with Crippen LogP contribution in [0, 0.1) is 5.92 Å². The average Bonchev–Trinajstić information content (AvgIpc) is 2.38. The number of nitrogens with zero attached hydrogens (tertiary/aromatic N) is 1. The zero-order valence-electron chi connectivity index (χ0n) is 11.3. The molecule has 2 N–H and O–H groups in total. The molecule has 0 radical (unpaired) electrons. The van der Waals surface area contributed by atoms with Crippen LogP contribution >= 0.6 is 0 Å². The summed E-state index contributed by atoms with van der Waals surface area (Å²) < 4.78 is 0. The molecule has 1 amide bonds. The summed E-state index contributed by atoms with van der Waals surface area (Å²) in [5.74, 6) is -0.480. The first-order chi connectivity index (χ1) is 8.60. The van der Waals surface area contributed by atoms with E-state index < -0.39 is 12.0 Å². The van der Waals surface area contributed by atoms with E-state index >= 15 is 0 Å². The van der Waals surface area contributed by atoms with Gasteiger partial charge in [-0.25, -0.2) is 4.79 Å². The number of hydrogen-bond acceptors (Lipinski definition) is 3. The van der Waals surface area contributed by atoms with Crippen LogP contribution in [-0.4, -0.2) is 47.6 Å². The SMILES string of the molecule is CCNCCC(=O)N1CCC(CC)CC1C(=O)O. The Hall–Kier alpha value is -1.10. The quantitative estimate of drug-likeness (QED) is 0.698. The Kier molecular flexibility index (Phi) is 6.12. The minimum atomic E-state index is -0.870. The van der Waals surface area contributed by atoms with Crippen LogP contribution in [0.2, 0.25) is 0 Å². The van der Waals surface area contributed by atoms with E-state index in [1.165, 1.54) is 0 Å². The van der Waals surface area contributed by atoms with E-state index in [1.54, 1.807) is 4.90 Å². The van der Waals surface area contributed by atoms with Gasteiger partial charge >= 0.3 is 5.97 Å². The molecule has 1 heterocycles. The van der Waals surface area contributed by atoms with Gasteiger partial charge in [-0.05, 0) is 25.3 Å². The van der Waals surface area contributed by atoms with Crippen molar-refractivity contribution in [3.8, 4) is 0 Å². The zero-order chi connectivity index (χ0) is 13.5. The fraction of sp³-hybridized carbons (Fsp3) is 0.846. The highest BCUT2D eigenvalue weighted by Crippen LogP contribution is 2.25. The standard InChI is InChI=1S/C13H24N2O3/c1-3-10-6-8-15(11(9-10)13(17)18)12(16)5-7-14-4-2/h10-11,14H,3-9H2,1-2H3,(H,17,18). The van der Waals surface area contributed by atoms with E-state index in [0.29, 0.717) is 31.8 Å². The maximum absolute atomic E-state index is 12.0. The molecule has 18 heavy (non-hydrogen) atoms. The average molecular weight is 256 g/mol. The number of nitrogens with one attached hydrogen (secondary N) is 1. The minimum Gasteiger partial charge on any atom is -0.480 e. The number of carboxylic acids is 1. The maximum atomic E-state index is 12.0. The molecule has 2 atom stereocenters. The fourth-order valence-electron chi connectivity index (χ4n) is 2.46. The van der Waals surface area contributed by atoms with Crippen molar-refractivity contribution >= 4 is 11.9 Å². The predicted molar refractivity (Wildman–Crippen MR) is 69.3 cm³/mol. The smallest absolute Gasteiger partial charge is 0.326 e. The van der Waals surface area contributed by atoms with Crippen LogP contribution in [0.1, 0.15) is 39.5 Å². The minimum absolute atomic E-state index is 0.0436. The van der Waals surface area contributed by atoms with Crippen LogP contribution in [-0.2, 0) is 9.59 Å². The number of carbonyl (C=O) groups is 2.